The number of aromatic carboxylic acids is 1. The first-order valence-corrected chi connectivity index (χ1v) is 8.66. The standard InChI is InChI=1S/C21H20O7/c1-12-6-7-13(2)18(8-12)27-11-14(22)10-26-16-4-3-5-17-20(16)15(23)9-19(28-17)21(24)25/h3-9,14,22H,10-11H2,1-2H3,(H,24,25). The molecule has 0 spiro atoms. The molecular formula is C21H20O7. The molecule has 3 rings (SSSR count). The molecule has 1 aromatic heterocycles. The van der Waals surface area contributed by atoms with Gasteiger partial charge in [0, 0.05) is 6.07 Å². The van der Waals surface area contributed by atoms with Gasteiger partial charge in [0.25, 0.3) is 0 Å². The topological polar surface area (TPSA) is 106 Å². The lowest BCUT2D eigenvalue weighted by molar-refractivity contribution is 0.0628. The Morgan fingerprint density at radius 2 is 1.79 bits per heavy atom. The Morgan fingerprint density at radius 3 is 2.50 bits per heavy atom. The van der Waals surface area contributed by atoms with E-state index in [1.165, 1.54) is 6.07 Å². The second-order valence-electron chi connectivity index (χ2n) is 6.45. The smallest absolute Gasteiger partial charge is 0.371 e. The molecule has 28 heavy (non-hydrogen) atoms. The minimum absolute atomic E-state index is 0.0207. The molecule has 0 aliphatic heterocycles. The van der Waals surface area contributed by atoms with E-state index in [0.717, 1.165) is 17.2 Å². The molecule has 1 unspecified atom stereocenters. The summed E-state index contributed by atoms with van der Waals surface area (Å²) in [7, 11) is 0. The second-order valence-corrected chi connectivity index (χ2v) is 6.45. The minimum atomic E-state index is -1.33. The van der Waals surface area contributed by atoms with Crippen molar-refractivity contribution in [2.75, 3.05) is 13.2 Å². The number of benzene rings is 2. The summed E-state index contributed by atoms with van der Waals surface area (Å²) >= 11 is 0. The van der Waals surface area contributed by atoms with Crippen LogP contribution in [0.5, 0.6) is 11.5 Å². The van der Waals surface area contributed by atoms with Crippen LogP contribution in [0.4, 0.5) is 0 Å². The molecule has 2 N–H and O–H groups in total. The fraction of sp³-hybridized carbons (Fsp3) is 0.238. The number of carboxylic acids is 1. The number of aliphatic hydroxyl groups excluding tert-OH is 1. The maximum absolute atomic E-state index is 12.3. The summed E-state index contributed by atoms with van der Waals surface area (Å²) in [6.07, 6.45) is -0.930. The first kappa shape index (κ1) is 19.4. The van der Waals surface area contributed by atoms with E-state index in [2.05, 4.69) is 0 Å². The molecule has 0 radical (unpaired) electrons. The van der Waals surface area contributed by atoms with Gasteiger partial charge in [-0.2, -0.15) is 0 Å². The second kappa shape index (κ2) is 8.14. The van der Waals surface area contributed by atoms with Crippen molar-refractivity contribution in [3.05, 3.63) is 69.6 Å². The van der Waals surface area contributed by atoms with Crippen LogP contribution in [0.15, 0.2) is 51.7 Å². The van der Waals surface area contributed by atoms with Gasteiger partial charge >= 0.3 is 5.97 Å². The highest BCUT2D eigenvalue weighted by Gasteiger charge is 2.15. The first-order chi connectivity index (χ1) is 13.3. The fourth-order valence-corrected chi connectivity index (χ4v) is 2.69. The van der Waals surface area contributed by atoms with E-state index in [4.69, 9.17) is 19.0 Å². The van der Waals surface area contributed by atoms with Crippen LogP contribution < -0.4 is 14.9 Å². The Hall–Kier alpha value is -3.32. The molecule has 0 amide bonds. The molecule has 0 aliphatic carbocycles. The molecule has 2 aromatic carbocycles. The van der Waals surface area contributed by atoms with Crippen molar-refractivity contribution in [3.8, 4) is 11.5 Å². The number of rotatable bonds is 7. The summed E-state index contributed by atoms with van der Waals surface area (Å²) < 4.78 is 16.4. The van der Waals surface area contributed by atoms with Crippen LogP contribution in [0.25, 0.3) is 11.0 Å². The Kier molecular flexibility index (Phi) is 5.65. The highest BCUT2D eigenvalue weighted by atomic mass is 16.5. The van der Waals surface area contributed by atoms with Gasteiger partial charge in [0.15, 0.2) is 5.43 Å². The van der Waals surface area contributed by atoms with Gasteiger partial charge in [-0.05, 0) is 43.2 Å². The van der Waals surface area contributed by atoms with Gasteiger partial charge < -0.3 is 24.1 Å². The van der Waals surface area contributed by atoms with Crippen LogP contribution >= 0.6 is 0 Å². The van der Waals surface area contributed by atoms with Crippen molar-refractivity contribution in [2.45, 2.75) is 20.0 Å². The lowest BCUT2D eigenvalue weighted by atomic mass is 10.1. The zero-order valence-electron chi connectivity index (χ0n) is 15.5. The molecule has 0 fully saturated rings. The molecule has 0 bridgehead atoms. The Bertz CT molecular complexity index is 1070. The summed E-state index contributed by atoms with van der Waals surface area (Å²) in [5.41, 5.74) is 1.58. The molecule has 0 saturated heterocycles. The average molecular weight is 384 g/mol. The monoisotopic (exact) mass is 384 g/mol. The van der Waals surface area contributed by atoms with Crippen LogP contribution in [0.2, 0.25) is 0 Å². The maximum atomic E-state index is 12.3. The van der Waals surface area contributed by atoms with Gasteiger partial charge in [0.2, 0.25) is 5.76 Å². The lowest BCUT2D eigenvalue weighted by Gasteiger charge is -2.15. The molecule has 1 atom stereocenters. The quantitative estimate of drug-likeness (QED) is 0.645. The SMILES string of the molecule is Cc1ccc(C)c(OCC(O)COc2cccc3oc(C(=O)O)cc(=O)c23)c1. The van der Waals surface area contributed by atoms with Crippen molar-refractivity contribution in [2.24, 2.45) is 0 Å². The van der Waals surface area contributed by atoms with E-state index in [1.54, 1.807) is 12.1 Å². The number of aliphatic hydroxyl groups is 1. The normalized spacial score (nSPS) is 12.0. The highest BCUT2D eigenvalue weighted by molar-refractivity contribution is 5.89. The molecule has 1 heterocycles. The molecule has 3 aromatic rings. The third kappa shape index (κ3) is 4.32. The van der Waals surface area contributed by atoms with Crippen LogP contribution in [0.1, 0.15) is 21.7 Å². The molecular weight excluding hydrogens is 364 g/mol. The molecule has 7 heteroatoms. The average Bonchev–Trinajstić information content (AvgIpc) is 2.66. The number of hydrogen-bond acceptors (Lipinski definition) is 6. The third-order valence-electron chi connectivity index (χ3n) is 4.13. The van der Waals surface area contributed by atoms with Crippen molar-refractivity contribution in [1.82, 2.24) is 0 Å². The summed E-state index contributed by atoms with van der Waals surface area (Å²) in [5.74, 6) is -0.888. The summed E-state index contributed by atoms with van der Waals surface area (Å²) in [6, 6.07) is 11.3. The van der Waals surface area contributed by atoms with E-state index in [-0.39, 0.29) is 29.9 Å². The number of ether oxygens (including phenoxy) is 2. The van der Waals surface area contributed by atoms with Gasteiger partial charge in [-0.1, -0.05) is 18.2 Å². The summed E-state index contributed by atoms with van der Waals surface area (Å²) in [4.78, 5) is 23.3. The Labute approximate surface area is 160 Å². The summed E-state index contributed by atoms with van der Waals surface area (Å²) in [5, 5.41) is 19.3. The molecule has 146 valence electrons. The van der Waals surface area contributed by atoms with Crippen LogP contribution in [-0.4, -0.2) is 35.5 Å². The zero-order valence-corrected chi connectivity index (χ0v) is 15.5. The number of aryl methyl sites for hydroxylation is 2. The molecule has 0 saturated carbocycles. The molecule has 7 nitrogen and oxygen atoms in total. The van der Waals surface area contributed by atoms with Crippen LogP contribution in [0, 0.1) is 13.8 Å². The van der Waals surface area contributed by atoms with Gasteiger partial charge in [0.05, 0.1) is 0 Å². The van der Waals surface area contributed by atoms with Gasteiger partial charge in [0.1, 0.15) is 41.8 Å². The number of fused-ring (bicyclic) bond motifs is 1. The van der Waals surface area contributed by atoms with E-state index in [0.29, 0.717) is 5.75 Å². The number of carbonyl (C=O) groups is 1. The first-order valence-electron chi connectivity index (χ1n) is 8.66. The predicted molar refractivity (Wildman–Crippen MR) is 102 cm³/mol. The van der Waals surface area contributed by atoms with E-state index >= 15 is 0 Å². The summed E-state index contributed by atoms with van der Waals surface area (Å²) in [6.45, 7) is 3.78. The Morgan fingerprint density at radius 1 is 1.07 bits per heavy atom. The van der Waals surface area contributed by atoms with Crippen molar-refractivity contribution < 1.29 is 28.9 Å². The highest BCUT2D eigenvalue weighted by Crippen LogP contribution is 2.24. The van der Waals surface area contributed by atoms with E-state index in [1.807, 2.05) is 32.0 Å². The van der Waals surface area contributed by atoms with E-state index in [9.17, 15) is 14.7 Å². The zero-order chi connectivity index (χ0) is 20.3. The van der Waals surface area contributed by atoms with Crippen molar-refractivity contribution in [1.29, 1.82) is 0 Å². The number of carboxylic acid groups (broad SMARTS) is 1. The van der Waals surface area contributed by atoms with Gasteiger partial charge in [-0.25, -0.2) is 4.79 Å². The van der Waals surface area contributed by atoms with E-state index < -0.39 is 23.3 Å². The molecule has 0 aliphatic rings. The largest absolute Gasteiger partial charge is 0.490 e. The van der Waals surface area contributed by atoms with Crippen LogP contribution in [-0.2, 0) is 0 Å². The van der Waals surface area contributed by atoms with Crippen LogP contribution in [0.3, 0.4) is 0 Å². The predicted octanol–water partition coefficient (Wildman–Crippen LogP) is 2.93. The maximum Gasteiger partial charge on any atom is 0.371 e. The van der Waals surface area contributed by atoms with Crippen molar-refractivity contribution in [3.63, 3.8) is 0 Å². The van der Waals surface area contributed by atoms with Gasteiger partial charge in [-0.3, -0.25) is 4.79 Å². The number of hydrogen-bond donors (Lipinski definition) is 2. The fourth-order valence-electron chi connectivity index (χ4n) is 2.69. The van der Waals surface area contributed by atoms with Gasteiger partial charge in [-0.15, -0.1) is 0 Å². The lowest BCUT2D eigenvalue weighted by Crippen LogP contribution is -2.25. The van der Waals surface area contributed by atoms with Crippen molar-refractivity contribution >= 4 is 16.9 Å². The minimum Gasteiger partial charge on any atom is -0.490 e. The Balaban J connectivity index is 1.70. The third-order valence-corrected chi connectivity index (χ3v) is 4.13.